The highest BCUT2D eigenvalue weighted by atomic mass is 32.2. The van der Waals surface area contributed by atoms with Crippen molar-refractivity contribution in [1.82, 2.24) is 0 Å². The smallest absolute Gasteiger partial charge is 0.239 e. The molecule has 0 aromatic heterocycles. The Morgan fingerprint density at radius 3 is 2.71 bits per heavy atom. The first kappa shape index (κ1) is 17.4. The van der Waals surface area contributed by atoms with Crippen molar-refractivity contribution >= 4 is 15.7 Å². The van der Waals surface area contributed by atoms with E-state index in [0.29, 0.717) is 43.7 Å². The number of hydrogen-bond acceptors (Lipinski definition) is 4. The molecule has 0 saturated carbocycles. The second kappa shape index (κ2) is 6.82. The van der Waals surface area contributed by atoms with E-state index >= 15 is 0 Å². The normalized spacial score (nSPS) is 22.8. The molecular formula is C17H22FNO4S. The predicted octanol–water partition coefficient (Wildman–Crippen LogP) is 2.98. The molecule has 1 unspecified atom stereocenters. The minimum Gasteiger partial charge on any atom is -0.344 e. The minimum absolute atomic E-state index is 0.364. The topological polar surface area (TPSA) is 64.6 Å². The van der Waals surface area contributed by atoms with Gasteiger partial charge in [0.15, 0.2) is 5.79 Å². The highest BCUT2D eigenvalue weighted by Gasteiger charge is 2.39. The molecule has 1 aliphatic heterocycles. The van der Waals surface area contributed by atoms with Crippen LogP contribution in [-0.4, -0.2) is 32.7 Å². The molecule has 1 aliphatic carbocycles. The summed E-state index contributed by atoms with van der Waals surface area (Å²) in [5, 5.41) is -0.657. The van der Waals surface area contributed by atoms with E-state index in [9.17, 15) is 12.8 Å². The predicted molar refractivity (Wildman–Crippen MR) is 89.7 cm³/mol. The zero-order chi connectivity index (χ0) is 17.2. The van der Waals surface area contributed by atoms with Gasteiger partial charge in [-0.05, 0) is 42.7 Å². The molecule has 1 aromatic rings. The Bertz CT molecular complexity index is 726. The number of halogens is 1. The molecule has 132 valence electrons. The van der Waals surface area contributed by atoms with Gasteiger partial charge < -0.3 is 9.47 Å². The maximum atomic E-state index is 13.4. The summed E-state index contributed by atoms with van der Waals surface area (Å²) in [6, 6.07) is 4.13. The van der Waals surface area contributed by atoms with Crippen LogP contribution in [0.15, 0.2) is 30.4 Å². The number of ether oxygens (including phenoxy) is 2. The summed E-state index contributed by atoms with van der Waals surface area (Å²) >= 11 is 0. The number of hydrogen-bond donors (Lipinski definition) is 1. The van der Waals surface area contributed by atoms with E-state index in [4.69, 9.17) is 9.47 Å². The number of nitrogens with one attached hydrogen (secondary N) is 1. The molecule has 1 heterocycles. The monoisotopic (exact) mass is 355 g/mol. The third kappa shape index (κ3) is 3.63. The van der Waals surface area contributed by atoms with Gasteiger partial charge >= 0.3 is 0 Å². The van der Waals surface area contributed by atoms with E-state index in [1.165, 1.54) is 18.2 Å². The van der Waals surface area contributed by atoms with Gasteiger partial charge in [0.1, 0.15) is 5.82 Å². The third-order valence-electron chi connectivity index (χ3n) is 4.36. The fourth-order valence-corrected chi connectivity index (χ4v) is 4.48. The van der Waals surface area contributed by atoms with Crippen molar-refractivity contribution in [1.29, 1.82) is 0 Å². The van der Waals surface area contributed by atoms with Gasteiger partial charge in [-0.15, -0.1) is 0 Å². The number of anilines is 1. The lowest BCUT2D eigenvalue weighted by Crippen LogP contribution is -2.37. The highest BCUT2D eigenvalue weighted by Crippen LogP contribution is 2.33. The number of sulfonamides is 1. The molecule has 3 rings (SSSR count). The second-order valence-electron chi connectivity index (χ2n) is 6.14. The summed E-state index contributed by atoms with van der Waals surface area (Å²) in [5.74, 6) is -1.12. The van der Waals surface area contributed by atoms with Gasteiger partial charge in [-0.1, -0.05) is 19.4 Å². The third-order valence-corrected chi connectivity index (χ3v) is 6.05. The fraction of sp³-hybridized carbons (Fsp3) is 0.529. The summed E-state index contributed by atoms with van der Waals surface area (Å²) in [6.45, 7) is 3.01. The van der Waals surface area contributed by atoms with Gasteiger partial charge in [-0.3, -0.25) is 4.72 Å². The summed E-state index contributed by atoms with van der Waals surface area (Å²) in [5.41, 5.74) is 1.11. The van der Waals surface area contributed by atoms with Crippen LogP contribution in [0.25, 0.3) is 0 Å². The summed E-state index contributed by atoms with van der Waals surface area (Å²) in [7, 11) is -3.61. The summed E-state index contributed by atoms with van der Waals surface area (Å²) < 4.78 is 52.5. The van der Waals surface area contributed by atoms with E-state index in [-0.39, 0.29) is 5.82 Å². The van der Waals surface area contributed by atoms with Crippen LogP contribution in [0.3, 0.4) is 0 Å². The average molecular weight is 355 g/mol. The van der Waals surface area contributed by atoms with E-state index in [0.717, 1.165) is 6.42 Å². The lowest BCUT2D eigenvalue weighted by Gasteiger charge is -2.30. The molecule has 0 radical (unpaired) electrons. The van der Waals surface area contributed by atoms with Crippen LogP contribution >= 0.6 is 0 Å². The van der Waals surface area contributed by atoms with Gasteiger partial charge in [0, 0.05) is 6.42 Å². The van der Waals surface area contributed by atoms with Crippen LogP contribution in [0.5, 0.6) is 0 Å². The zero-order valence-electron chi connectivity index (χ0n) is 13.6. The molecule has 2 aliphatic rings. The minimum atomic E-state index is -3.61. The van der Waals surface area contributed by atoms with Crippen LogP contribution < -0.4 is 4.72 Å². The summed E-state index contributed by atoms with van der Waals surface area (Å²) in [6.07, 6.45) is 5.65. The Hall–Kier alpha value is -1.44. The van der Waals surface area contributed by atoms with Crippen LogP contribution in [0.1, 0.15) is 31.7 Å². The Morgan fingerprint density at radius 2 is 2.08 bits per heavy atom. The molecule has 1 fully saturated rings. The van der Waals surface area contributed by atoms with E-state index in [1.807, 2.05) is 6.92 Å². The molecule has 7 heteroatoms. The van der Waals surface area contributed by atoms with E-state index in [2.05, 4.69) is 4.72 Å². The van der Waals surface area contributed by atoms with Gasteiger partial charge in [-0.2, -0.15) is 0 Å². The van der Waals surface area contributed by atoms with Crippen molar-refractivity contribution in [2.75, 3.05) is 17.9 Å². The van der Waals surface area contributed by atoms with Crippen molar-refractivity contribution in [2.45, 2.75) is 43.6 Å². The van der Waals surface area contributed by atoms with Crippen molar-refractivity contribution in [3.05, 3.63) is 41.7 Å². The molecule has 1 saturated heterocycles. The molecule has 1 aromatic carbocycles. The molecule has 1 N–H and O–H groups in total. The number of aryl methyl sites for hydroxylation is 1. The molecule has 0 amide bonds. The van der Waals surface area contributed by atoms with Crippen LogP contribution in [-0.2, 0) is 25.9 Å². The Balaban J connectivity index is 1.77. The Morgan fingerprint density at radius 1 is 1.33 bits per heavy atom. The number of rotatable bonds is 5. The fourth-order valence-electron chi connectivity index (χ4n) is 3.11. The Labute approximate surface area is 141 Å². The molecule has 1 atom stereocenters. The average Bonchev–Trinajstić information content (AvgIpc) is 2.99. The first-order valence-electron chi connectivity index (χ1n) is 8.21. The molecule has 0 bridgehead atoms. The lowest BCUT2D eigenvalue weighted by atomic mass is 10.0. The van der Waals surface area contributed by atoms with Crippen molar-refractivity contribution in [2.24, 2.45) is 0 Å². The van der Waals surface area contributed by atoms with Crippen LogP contribution in [0.2, 0.25) is 0 Å². The maximum absolute atomic E-state index is 13.4. The molecule has 24 heavy (non-hydrogen) atoms. The first-order valence-corrected chi connectivity index (χ1v) is 9.76. The SMILES string of the molecule is CCCc1cc(F)ccc1NS(=O)(=O)C1C=CC2(CC1)OCCO2. The van der Waals surface area contributed by atoms with Crippen LogP contribution in [0, 0.1) is 5.82 Å². The van der Waals surface area contributed by atoms with Crippen molar-refractivity contribution < 1.29 is 22.3 Å². The van der Waals surface area contributed by atoms with Gasteiger partial charge in [0.2, 0.25) is 10.0 Å². The highest BCUT2D eigenvalue weighted by molar-refractivity contribution is 7.93. The molecular weight excluding hydrogens is 333 g/mol. The quantitative estimate of drug-likeness (QED) is 0.825. The Kier molecular flexibility index (Phi) is 4.94. The first-order chi connectivity index (χ1) is 11.4. The largest absolute Gasteiger partial charge is 0.344 e. The van der Waals surface area contributed by atoms with Gasteiger partial charge in [0.25, 0.3) is 0 Å². The standard InChI is InChI=1S/C17H22FNO4S/c1-2-3-13-12-14(18)4-5-16(13)19-24(20,21)15-6-8-17(9-7-15)22-10-11-23-17/h4-6,8,12,15,19H,2-3,7,9-11H2,1H3. The van der Waals surface area contributed by atoms with E-state index < -0.39 is 21.1 Å². The molecule has 5 nitrogen and oxygen atoms in total. The van der Waals surface area contributed by atoms with Gasteiger partial charge in [0.05, 0.1) is 24.2 Å². The second-order valence-corrected chi connectivity index (χ2v) is 8.04. The summed E-state index contributed by atoms with van der Waals surface area (Å²) in [4.78, 5) is 0. The van der Waals surface area contributed by atoms with Crippen molar-refractivity contribution in [3.8, 4) is 0 Å². The maximum Gasteiger partial charge on any atom is 0.239 e. The lowest BCUT2D eigenvalue weighted by molar-refractivity contribution is -0.124. The van der Waals surface area contributed by atoms with Crippen LogP contribution in [0.4, 0.5) is 10.1 Å². The van der Waals surface area contributed by atoms with Gasteiger partial charge in [-0.25, -0.2) is 12.8 Å². The zero-order valence-corrected chi connectivity index (χ0v) is 14.4. The number of benzene rings is 1. The molecule has 1 spiro atoms. The van der Waals surface area contributed by atoms with Crippen molar-refractivity contribution in [3.63, 3.8) is 0 Å². The van der Waals surface area contributed by atoms with E-state index in [1.54, 1.807) is 12.2 Å².